The number of benzene rings is 1. The van der Waals surface area contributed by atoms with Gasteiger partial charge in [-0.1, -0.05) is 30.7 Å². The minimum Gasteiger partial charge on any atom is -0.375 e. The highest BCUT2D eigenvalue weighted by atomic mass is 35.5. The van der Waals surface area contributed by atoms with Crippen LogP contribution in [0.4, 0.5) is 0 Å². The van der Waals surface area contributed by atoms with E-state index < -0.39 is 0 Å². The van der Waals surface area contributed by atoms with Crippen LogP contribution in [-0.2, 0) is 4.74 Å². The van der Waals surface area contributed by atoms with Gasteiger partial charge in [0.05, 0.1) is 5.60 Å². The number of hydrogen-bond donors (Lipinski definition) is 1. The minimum atomic E-state index is 0.0373. The van der Waals surface area contributed by atoms with Crippen molar-refractivity contribution in [3.8, 4) is 0 Å². The summed E-state index contributed by atoms with van der Waals surface area (Å²) in [6.45, 7) is 7.48. The summed E-state index contributed by atoms with van der Waals surface area (Å²) in [6, 6.07) is 8.98. The Hall–Kier alpha value is -0.570. The van der Waals surface area contributed by atoms with Gasteiger partial charge in [-0.15, -0.1) is 0 Å². The molecule has 0 saturated carbocycles. The van der Waals surface area contributed by atoms with Crippen molar-refractivity contribution in [3.05, 3.63) is 34.9 Å². The second-order valence-corrected chi connectivity index (χ2v) is 6.22. The molecule has 1 fully saturated rings. The fraction of sp³-hybridized carbons (Fsp3) is 0.625. The zero-order valence-electron chi connectivity index (χ0n) is 12.1. The largest absolute Gasteiger partial charge is 0.375 e. The number of rotatable bonds is 4. The molecule has 1 aliphatic heterocycles. The number of hydrogen-bond acceptors (Lipinski definition) is 2. The van der Waals surface area contributed by atoms with Crippen molar-refractivity contribution in [2.45, 2.75) is 57.7 Å². The van der Waals surface area contributed by atoms with Gasteiger partial charge in [-0.3, -0.25) is 0 Å². The second-order valence-electron chi connectivity index (χ2n) is 5.78. The van der Waals surface area contributed by atoms with Crippen molar-refractivity contribution >= 4 is 11.6 Å². The molecule has 0 aliphatic carbocycles. The average Bonchev–Trinajstić information content (AvgIpc) is 2.39. The summed E-state index contributed by atoms with van der Waals surface area (Å²) < 4.78 is 5.89. The molecule has 0 bridgehead atoms. The zero-order valence-corrected chi connectivity index (χ0v) is 12.8. The Kier molecular flexibility index (Phi) is 4.88. The molecule has 1 aliphatic rings. The van der Waals surface area contributed by atoms with Gasteiger partial charge in [0.2, 0.25) is 0 Å². The minimum absolute atomic E-state index is 0.0373. The van der Waals surface area contributed by atoms with Crippen molar-refractivity contribution in [2.24, 2.45) is 0 Å². The third kappa shape index (κ3) is 3.95. The van der Waals surface area contributed by atoms with E-state index in [0.29, 0.717) is 12.1 Å². The van der Waals surface area contributed by atoms with Crippen molar-refractivity contribution in [3.63, 3.8) is 0 Å². The fourth-order valence-corrected chi connectivity index (χ4v) is 2.85. The molecular formula is C16H24ClNO. The van der Waals surface area contributed by atoms with Gasteiger partial charge in [0, 0.05) is 23.7 Å². The number of ether oxygens (including phenoxy) is 1. The Morgan fingerprint density at radius 3 is 2.74 bits per heavy atom. The van der Waals surface area contributed by atoms with Crippen molar-refractivity contribution < 1.29 is 4.74 Å². The molecule has 1 saturated heterocycles. The van der Waals surface area contributed by atoms with Crippen LogP contribution >= 0.6 is 11.6 Å². The third-order valence-electron chi connectivity index (χ3n) is 4.20. The molecule has 19 heavy (non-hydrogen) atoms. The topological polar surface area (TPSA) is 21.3 Å². The molecule has 0 aromatic heterocycles. The molecule has 1 aromatic rings. The molecule has 1 N–H and O–H groups in total. The summed E-state index contributed by atoms with van der Waals surface area (Å²) in [7, 11) is 0. The quantitative estimate of drug-likeness (QED) is 0.886. The third-order valence-corrected chi connectivity index (χ3v) is 4.45. The lowest BCUT2D eigenvalue weighted by molar-refractivity contribution is -0.0789. The molecule has 3 heteroatoms. The summed E-state index contributed by atoms with van der Waals surface area (Å²) in [4.78, 5) is 0. The van der Waals surface area contributed by atoms with Gasteiger partial charge in [0.1, 0.15) is 0 Å². The van der Waals surface area contributed by atoms with Gasteiger partial charge in [0.25, 0.3) is 0 Å². The van der Waals surface area contributed by atoms with Crippen molar-refractivity contribution in [1.82, 2.24) is 5.32 Å². The normalized spacial score (nSPS) is 29.2. The van der Waals surface area contributed by atoms with Gasteiger partial charge in [-0.2, -0.15) is 0 Å². The zero-order chi connectivity index (χ0) is 13.9. The molecule has 3 atom stereocenters. The highest BCUT2D eigenvalue weighted by Crippen LogP contribution is 2.29. The Balaban J connectivity index is 1.95. The van der Waals surface area contributed by atoms with Crippen LogP contribution in [0.3, 0.4) is 0 Å². The van der Waals surface area contributed by atoms with E-state index in [-0.39, 0.29) is 5.60 Å². The molecule has 0 amide bonds. The molecule has 1 heterocycles. The van der Waals surface area contributed by atoms with Crippen molar-refractivity contribution in [1.29, 1.82) is 0 Å². The molecular weight excluding hydrogens is 258 g/mol. The van der Waals surface area contributed by atoms with Gasteiger partial charge in [0.15, 0.2) is 0 Å². The smallest absolute Gasteiger partial charge is 0.0666 e. The maximum Gasteiger partial charge on any atom is 0.0666 e. The lowest BCUT2D eigenvalue weighted by atomic mass is 9.89. The van der Waals surface area contributed by atoms with Crippen LogP contribution in [0.1, 0.15) is 51.6 Å². The SMILES string of the molecule is CCC1(C)CC(N[C@H](C)c2ccc(Cl)cc2)CCO1. The fourth-order valence-electron chi connectivity index (χ4n) is 2.72. The summed E-state index contributed by atoms with van der Waals surface area (Å²) in [6.07, 6.45) is 3.25. The van der Waals surface area contributed by atoms with E-state index in [1.807, 2.05) is 12.1 Å². The standard InChI is InChI=1S/C16H24ClNO/c1-4-16(3)11-15(9-10-19-16)18-12(2)13-5-7-14(17)8-6-13/h5-8,12,15,18H,4,9-11H2,1-3H3/t12-,15?,16?/m1/s1. The lowest BCUT2D eigenvalue weighted by Crippen LogP contribution is -2.45. The highest BCUT2D eigenvalue weighted by molar-refractivity contribution is 6.30. The molecule has 0 spiro atoms. The number of nitrogens with one attached hydrogen (secondary N) is 1. The maximum absolute atomic E-state index is 5.93. The Bertz CT molecular complexity index is 406. The molecule has 2 nitrogen and oxygen atoms in total. The average molecular weight is 282 g/mol. The molecule has 1 aromatic carbocycles. The summed E-state index contributed by atoms with van der Waals surface area (Å²) in [5.74, 6) is 0. The van der Waals surface area contributed by atoms with E-state index in [9.17, 15) is 0 Å². The maximum atomic E-state index is 5.93. The Labute approximate surface area is 121 Å². The number of halogens is 1. The van der Waals surface area contributed by atoms with Crippen LogP contribution in [-0.4, -0.2) is 18.2 Å². The van der Waals surface area contributed by atoms with Crippen LogP contribution in [0, 0.1) is 0 Å². The lowest BCUT2D eigenvalue weighted by Gasteiger charge is -2.39. The van der Waals surface area contributed by atoms with E-state index in [4.69, 9.17) is 16.3 Å². The first kappa shape index (κ1) is 14.8. The molecule has 0 radical (unpaired) electrons. The van der Waals surface area contributed by atoms with Gasteiger partial charge < -0.3 is 10.1 Å². The van der Waals surface area contributed by atoms with E-state index >= 15 is 0 Å². The second kappa shape index (κ2) is 6.25. The molecule has 2 unspecified atom stereocenters. The van der Waals surface area contributed by atoms with Gasteiger partial charge in [-0.25, -0.2) is 0 Å². The van der Waals surface area contributed by atoms with E-state index in [1.165, 1.54) is 5.56 Å². The Morgan fingerprint density at radius 1 is 1.42 bits per heavy atom. The van der Waals surface area contributed by atoms with E-state index in [2.05, 4.69) is 38.2 Å². The van der Waals surface area contributed by atoms with Crippen molar-refractivity contribution in [2.75, 3.05) is 6.61 Å². The van der Waals surface area contributed by atoms with Gasteiger partial charge in [-0.05, 0) is 50.8 Å². The van der Waals surface area contributed by atoms with E-state index in [0.717, 1.165) is 30.9 Å². The van der Waals surface area contributed by atoms with Crippen LogP contribution in [0.5, 0.6) is 0 Å². The summed E-state index contributed by atoms with van der Waals surface area (Å²) in [5, 5.41) is 4.51. The summed E-state index contributed by atoms with van der Waals surface area (Å²) >= 11 is 5.93. The first-order chi connectivity index (χ1) is 9.02. The van der Waals surface area contributed by atoms with E-state index in [1.54, 1.807) is 0 Å². The van der Waals surface area contributed by atoms with Crippen LogP contribution in [0.25, 0.3) is 0 Å². The van der Waals surface area contributed by atoms with Crippen LogP contribution in [0.15, 0.2) is 24.3 Å². The summed E-state index contributed by atoms with van der Waals surface area (Å²) in [5.41, 5.74) is 1.32. The predicted molar refractivity (Wildman–Crippen MR) is 80.7 cm³/mol. The molecule has 106 valence electrons. The predicted octanol–water partition coefficient (Wildman–Crippen LogP) is 4.34. The van der Waals surface area contributed by atoms with Crippen LogP contribution < -0.4 is 5.32 Å². The van der Waals surface area contributed by atoms with Gasteiger partial charge >= 0.3 is 0 Å². The molecule has 2 rings (SSSR count). The first-order valence-corrected chi connectivity index (χ1v) is 7.56. The Morgan fingerprint density at radius 2 is 2.11 bits per heavy atom. The highest BCUT2D eigenvalue weighted by Gasteiger charge is 2.32. The van der Waals surface area contributed by atoms with Crippen LogP contribution in [0.2, 0.25) is 5.02 Å². The monoisotopic (exact) mass is 281 g/mol. The first-order valence-electron chi connectivity index (χ1n) is 7.18.